The van der Waals surface area contributed by atoms with E-state index in [1.807, 2.05) is 61.5 Å². The minimum absolute atomic E-state index is 0.0695. The molecule has 1 aliphatic rings. The van der Waals surface area contributed by atoms with E-state index in [0.29, 0.717) is 18.7 Å². The quantitative estimate of drug-likeness (QED) is 0.813. The van der Waals surface area contributed by atoms with Crippen molar-refractivity contribution in [3.63, 3.8) is 0 Å². The first kappa shape index (κ1) is 17.0. The van der Waals surface area contributed by atoms with E-state index in [0.717, 1.165) is 17.7 Å². The zero-order valence-corrected chi connectivity index (χ0v) is 14.4. The molecular weight excluding hydrogens is 316 g/mol. The lowest BCUT2D eigenvalue weighted by Crippen LogP contribution is -2.44. The first-order valence-corrected chi connectivity index (χ1v) is 8.46. The Labute approximate surface area is 147 Å². The zero-order chi connectivity index (χ0) is 17.6. The van der Waals surface area contributed by atoms with Crippen molar-refractivity contribution in [1.29, 1.82) is 0 Å². The Hall–Kier alpha value is -2.82. The maximum absolute atomic E-state index is 12.8. The first-order chi connectivity index (χ1) is 12.1. The molecule has 5 heteroatoms. The molecule has 0 N–H and O–H groups in total. The van der Waals surface area contributed by atoms with Gasteiger partial charge in [-0.1, -0.05) is 35.9 Å². The van der Waals surface area contributed by atoms with Gasteiger partial charge in [-0.3, -0.25) is 14.5 Å². The van der Waals surface area contributed by atoms with Crippen LogP contribution >= 0.6 is 0 Å². The third-order valence-corrected chi connectivity index (χ3v) is 4.24. The third kappa shape index (κ3) is 4.38. The fraction of sp³-hybridized carbons (Fsp3) is 0.300. The fourth-order valence-corrected chi connectivity index (χ4v) is 2.79. The number of nitrogens with zero attached hydrogens (tertiary/aromatic N) is 2. The summed E-state index contributed by atoms with van der Waals surface area (Å²) < 4.78 is 5.59. The zero-order valence-electron chi connectivity index (χ0n) is 14.4. The number of para-hydroxylation sites is 1. The van der Waals surface area contributed by atoms with Gasteiger partial charge in [0.1, 0.15) is 12.4 Å². The topological polar surface area (TPSA) is 49.9 Å². The molecule has 5 nitrogen and oxygen atoms in total. The monoisotopic (exact) mass is 338 g/mol. The normalized spacial score (nSPS) is 13.8. The van der Waals surface area contributed by atoms with Crippen LogP contribution in [0.25, 0.3) is 0 Å². The van der Waals surface area contributed by atoms with Gasteiger partial charge < -0.3 is 9.64 Å². The molecule has 1 fully saturated rings. The number of likely N-dealkylation sites (tertiary alicyclic amines) is 1. The van der Waals surface area contributed by atoms with Gasteiger partial charge in [-0.15, -0.1) is 0 Å². The highest BCUT2D eigenvalue weighted by Gasteiger charge is 2.25. The number of carbonyl (C=O) groups excluding carboxylic acids is 2. The number of amides is 2. The molecule has 0 aliphatic carbocycles. The van der Waals surface area contributed by atoms with Crippen LogP contribution in [-0.2, 0) is 9.59 Å². The number of carbonyl (C=O) groups is 2. The number of aryl methyl sites for hydroxylation is 1. The van der Waals surface area contributed by atoms with Crippen molar-refractivity contribution in [3.8, 4) is 5.75 Å². The van der Waals surface area contributed by atoms with Crippen LogP contribution in [0.2, 0.25) is 0 Å². The molecule has 0 aromatic heterocycles. The van der Waals surface area contributed by atoms with Gasteiger partial charge >= 0.3 is 0 Å². The van der Waals surface area contributed by atoms with Crippen LogP contribution in [0.3, 0.4) is 0 Å². The van der Waals surface area contributed by atoms with Gasteiger partial charge in [0.25, 0.3) is 5.91 Å². The van der Waals surface area contributed by atoms with Crippen LogP contribution in [0.5, 0.6) is 5.75 Å². The van der Waals surface area contributed by atoms with Crippen molar-refractivity contribution in [2.75, 3.05) is 24.7 Å². The van der Waals surface area contributed by atoms with Crippen LogP contribution in [0.1, 0.15) is 18.4 Å². The molecule has 2 aromatic carbocycles. The molecular formula is C20H22N2O3. The molecule has 0 saturated carbocycles. The molecule has 0 radical (unpaired) electrons. The molecule has 130 valence electrons. The van der Waals surface area contributed by atoms with E-state index in [1.165, 1.54) is 0 Å². The molecule has 2 aromatic rings. The third-order valence-electron chi connectivity index (χ3n) is 4.24. The molecule has 3 rings (SSSR count). The number of benzene rings is 2. The summed E-state index contributed by atoms with van der Waals surface area (Å²) in [6.07, 6.45) is 1.39. The van der Waals surface area contributed by atoms with E-state index in [2.05, 4.69) is 0 Å². The number of hydrogen-bond donors (Lipinski definition) is 0. The maximum atomic E-state index is 12.8. The lowest BCUT2D eigenvalue weighted by atomic mass is 10.2. The number of ether oxygens (including phenoxy) is 1. The largest absolute Gasteiger partial charge is 0.484 e. The molecule has 2 amide bonds. The lowest BCUT2D eigenvalue weighted by molar-refractivity contribution is -0.128. The number of anilines is 1. The highest BCUT2D eigenvalue weighted by Crippen LogP contribution is 2.19. The highest BCUT2D eigenvalue weighted by atomic mass is 16.5. The summed E-state index contributed by atoms with van der Waals surface area (Å²) in [7, 11) is 0. The average Bonchev–Trinajstić information content (AvgIpc) is 3.04. The fourth-order valence-electron chi connectivity index (χ4n) is 2.79. The van der Waals surface area contributed by atoms with Gasteiger partial charge in [-0.05, 0) is 37.6 Å². The predicted molar refractivity (Wildman–Crippen MR) is 96.4 cm³/mol. The van der Waals surface area contributed by atoms with Crippen LogP contribution in [0, 0.1) is 6.92 Å². The van der Waals surface area contributed by atoms with Crippen LogP contribution in [0.4, 0.5) is 5.69 Å². The molecule has 25 heavy (non-hydrogen) atoms. The second-order valence-electron chi connectivity index (χ2n) is 6.16. The van der Waals surface area contributed by atoms with Gasteiger partial charge in [0.15, 0.2) is 6.61 Å². The first-order valence-electron chi connectivity index (χ1n) is 8.46. The highest BCUT2D eigenvalue weighted by molar-refractivity contribution is 5.95. The summed E-state index contributed by atoms with van der Waals surface area (Å²) in [5, 5.41) is 0. The molecule has 1 aliphatic heterocycles. The van der Waals surface area contributed by atoms with Crippen LogP contribution in [0.15, 0.2) is 54.6 Å². The Bertz CT molecular complexity index is 728. The maximum Gasteiger partial charge on any atom is 0.266 e. The average molecular weight is 338 g/mol. The summed E-state index contributed by atoms with van der Waals surface area (Å²) in [4.78, 5) is 28.1. The van der Waals surface area contributed by atoms with Crippen molar-refractivity contribution in [3.05, 3.63) is 60.2 Å². The summed E-state index contributed by atoms with van der Waals surface area (Å²) >= 11 is 0. The molecule has 0 unspecified atom stereocenters. The van der Waals surface area contributed by atoms with E-state index in [9.17, 15) is 9.59 Å². The summed E-state index contributed by atoms with van der Waals surface area (Å²) in [5.74, 6) is 0.568. The Balaban J connectivity index is 1.73. The number of hydrogen-bond acceptors (Lipinski definition) is 3. The second kappa shape index (κ2) is 7.83. The Morgan fingerprint density at radius 2 is 1.84 bits per heavy atom. The molecule has 0 bridgehead atoms. The minimum Gasteiger partial charge on any atom is -0.484 e. The lowest BCUT2D eigenvalue weighted by Gasteiger charge is -2.28. The predicted octanol–water partition coefficient (Wildman–Crippen LogP) is 2.99. The van der Waals surface area contributed by atoms with Crippen molar-refractivity contribution < 1.29 is 14.3 Å². The van der Waals surface area contributed by atoms with Crippen molar-refractivity contribution in [2.45, 2.75) is 19.8 Å². The van der Waals surface area contributed by atoms with Gasteiger partial charge in [0.05, 0.1) is 0 Å². The van der Waals surface area contributed by atoms with Gasteiger partial charge in [0.2, 0.25) is 5.91 Å². The molecule has 1 saturated heterocycles. The van der Waals surface area contributed by atoms with Crippen molar-refractivity contribution in [2.24, 2.45) is 0 Å². The van der Waals surface area contributed by atoms with E-state index in [1.54, 1.807) is 9.80 Å². The van der Waals surface area contributed by atoms with E-state index in [4.69, 9.17) is 4.74 Å². The van der Waals surface area contributed by atoms with Crippen LogP contribution < -0.4 is 9.64 Å². The molecule has 0 spiro atoms. The van der Waals surface area contributed by atoms with Gasteiger partial charge in [-0.25, -0.2) is 0 Å². The Kier molecular flexibility index (Phi) is 5.33. The van der Waals surface area contributed by atoms with Crippen molar-refractivity contribution >= 4 is 17.5 Å². The van der Waals surface area contributed by atoms with Gasteiger partial charge in [0, 0.05) is 18.7 Å². The molecule has 1 heterocycles. The van der Waals surface area contributed by atoms with Crippen molar-refractivity contribution in [1.82, 2.24) is 4.90 Å². The van der Waals surface area contributed by atoms with E-state index < -0.39 is 0 Å². The summed E-state index contributed by atoms with van der Waals surface area (Å²) in [6.45, 7) is 2.88. The second-order valence-corrected chi connectivity index (χ2v) is 6.16. The Morgan fingerprint density at radius 1 is 1.12 bits per heavy atom. The summed E-state index contributed by atoms with van der Waals surface area (Å²) in [5.41, 5.74) is 1.89. The van der Waals surface area contributed by atoms with E-state index >= 15 is 0 Å². The number of rotatable bonds is 6. The SMILES string of the molecule is Cc1ccc(N(CN2CCCC2=O)C(=O)COc2ccccc2)cc1. The van der Waals surface area contributed by atoms with E-state index in [-0.39, 0.29) is 25.1 Å². The standard InChI is InChI=1S/C20H22N2O3/c1-16-9-11-17(12-10-16)22(15-21-13-5-8-19(21)23)20(24)14-25-18-6-3-2-4-7-18/h2-4,6-7,9-12H,5,8,13-15H2,1H3. The minimum atomic E-state index is -0.174. The Morgan fingerprint density at radius 3 is 2.48 bits per heavy atom. The summed E-state index contributed by atoms with van der Waals surface area (Å²) in [6, 6.07) is 17.0. The smallest absolute Gasteiger partial charge is 0.266 e. The van der Waals surface area contributed by atoms with Gasteiger partial charge in [-0.2, -0.15) is 0 Å². The van der Waals surface area contributed by atoms with Crippen LogP contribution in [-0.4, -0.2) is 36.5 Å². The molecule has 0 atom stereocenters.